The molecule has 106 valence electrons. The number of carbonyl (C=O) groups is 1. The first-order valence-electron chi connectivity index (χ1n) is 6.30. The van der Waals surface area contributed by atoms with Crippen molar-refractivity contribution in [1.82, 2.24) is 10.2 Å². The summed E-state index contributed by atoms with van der Waals surface area (Å²) in [5.74, 6) is -0.200. The van der Waals surface area contributed by atoms with Gasteiger partial charge in [-0.1, -0.05) is 12.1 Å². The molecule has 0 saturated heterocycles. The fourth-order valence-corrected chi connectivity index (χ4v) is 1.66. The lowest BCUT2D eigenvalue weighted by atomic mass is 10.1. The van der Waals surface area contributed by atoms with Crippen molar-refractivity contribution in [2.45, 2.75) is 6.92 Å². The number of carbonyl (C=O) groups excluding carboxylic acids is 1. The van der Waals surface area contributed by atoms with Crippen molar-refractivity contribution in [3.8, 4) is 5.75 Å². The number of phenolic OH excluding ortho intramolecular Hbond substituents is 1. The molecular weight excluding hydrogens is 244 g/mol. The molecule has 1 aromatic carbocycles. The molecule has 1 rings (SSSR count). The Morgan fingerprint density at radius 3 is 2.84 bits per heavy atom. The smallest absolute Gasteiger partial charge is 0.255 e. The minimum atomic E-state index is -0.249. The Kier molecular flexibility index (Phi) is 6.32. The van der Waals surface area contributed by atoms with Crippen molar-refractivity contribution in [3.05, 3.63) is 29.3 Å². The zero-order valence-electron chi connectivity index (χ0n) is 11.8. The van der Waals surface area contributed by atoms with Crippen LogP contribution in [0.5, 0.6) is 5.75 Å². The Balaban J connectivity index is 2.41. The fraction of sp³-hybridized carbons (Fsp3) is 0.500. The number of benzene rings is 1. The van der Waals surface area contributed by atoms with E-state index in [1.165, 1.54) is 0 Å². The summed E-state index contributed by atoms with van der Waals surface area (Å²) < 4.78 is 4.98. The van der Waals surface area contributed by atoms with E-state index in [0.717, 1.165) is 13.1 Å². The molecule has 0 fully saturated rings. The van der Waals surface area contributed by atoms with Crippen molar-refractivity contribution < 1.29 is 14.6 Å². The Morgan fingerprint density at radius 2 is 2.16 bits per heavy atom. The average Bonchev–Trinajstić information content (AvgIpc) is 2.39. The Morgan fingerprint density at radius 1 is 1.42 bits per heavy atom. The van der Waals surface area contributed by atoms with Crippen LogP contribution in [0, 0.1) is 6.92 Å². The van der Waals surface area contributed by atoms with E-state index < -0.39 is 0 Å². The molecule has 19 heavy (non-hydrogen) atoms. The van der Waals surface area contributed by atoms with Gasteiger partial charge < -0.3 is 20.1 Å². The third kappa shape index (κ3) is 4.89. The first-order valence-corrected chi connectivity index (χ1v) is 6.30. The van der Waals surface area contributed by atoms with Gasteiger partial charge in [-0.05, 0) is 25.6 Å². The quantitative estimate of drug-likeness (QED) is 0.773. The number of amides is 1. The van der Waals surface area contributed by atoms with Gasteiger partial charge in [-0.15, -0.1) is 0 Å². The maximum atomic E-state index is 11.9. The minimum absolute atomic E-state index is 0.0488. The van der Waals surface area contributed by atoms with Crippen LogP contribution in [0.2, 0.25) is 0 Å². The number of ether oxygens (including phenoxy) is 1. The highest BCUT2D eigenvalue weighted by Crippen LogP contribution is 2.20. The van der Waals surface area contributed by atoms with Gasteiger partial charge in [-0.2, -0.15) is 0 Å². The SMILES string of the molecule is COCCN(C)CCNC(=O)c1cccc(C)c1O. The topological polar surface area (TPSA) is 61.8 Å². The zero-order chi connectivity index (χ0) is 14.3. The first-order chi connectivity index (χ1) is 9.06. The zero-order valence-corrected chi connectivity index (χ0v) is 11.8. The van der Waals surface area contributed by atoms with E-state index in [2.05, 4.69) is 10.2 Å². The lowest BCUT2D eigenvalue weighted by Gasteiger charge is -2.16. The summed E-state index contributed by atoms with van der Waals surface area (Å²) in [5.41, 5.74) is 1.02. The number of hydrogen-bond acceptors (Lipinski definition) is 4. The van der Waals surface area contributed by atoms with E-state index in [9.17, 15) is 9.90 Å². The maximum Gasteiger partial charge on any atom is 0.255 e. The largest absolute Gasteiger partial charge is 0.507 e. The molecule has 0 spiro atoms. The molecular formula is C14H22N2O3. The number of aryl methyl sites for hydroxylation is 1. The lowest BCUT2D eigenvalue weighted by molar-refractivity contribution is 0.0944. The second-order valence-electron chi connectivity index (χ2n) is 4.52. The fourth-order valence-electron chi connectivity index (χ4n) is 1.66. The van der Waals surface area contributed by atoms with Gasteiger partial charge in [0.25, 0.3) is 5.91 Å². The van der Waals surface area contributed by atoms with Crippen LogP contribution in [-0.4, -0.2) is 56.3 Å². The number of para-hydroxylation sites is 1. The number of nitrogens with one attached hydrogen (secondary N) is 1. The number of hydrogen-bond donors (Lipinski definition) is 2. The summed E-state index contributed by atoms with van der Waals surface area (Å²) in [6, 6.07) is 5.14. The molecule has 5 nitrogen and oxygen atoms in total. The Bertz CT molecular complexity index is 421. The van der Waals surface area contributed by atoms with Gasteiger partial charge in [0, 0.05) is 26.7 Å². The molecule has 0 heterocycles. The minimum Gasteiger partial charge on any atom is -0.507 e. The van der Waals surface area contributed by atoms with E-state index in [1.807, 2.05) is 7.05 Å². The van der Waals surface area contributed by atoms with Crippen molar-refractivity contribution >= 4 is 5.91 Å². The van der Waals surface area contributed by atoms with Crippen molar-refractivity contribution in [2.24, 2.45) is 0 Å². The number of nitrogens with zero attached hydrogens (tertiary/aromatic N) is 1. The standard InChI is InChI=1S/C14H22N2O3/c1-11-5-4-6-12(13(11)17)14(18)15-7-8-16(2)9-10-19-3/h4-6,17H,7-10H2,1-3H3,(H,15,18). The molecule has 1 amide bonds. The Labute approximate surface area is 114 Å². The summed E-state index contributed by atoms with van der Waals surface area (Å²) >= 11 is 0. The van der Waals surface area contributed by atoms with Gasteiger partial charge in [-0.25, -0.2) is 0 Å². The molecule has 5 heteroatoms. The summed E-state index contributed by atoms with van der Waals surface area (Å²) in [6.45, 7) is 4.53. The number of rotatable bonds is 7. The van der Waals surface area contributed by atoms with E-state index >= 15 is 0 Å². The van der Waals surface area contributed by atoms with Gasteiger partial charge in [-0.3, -0.25) is 4.79 Å². The second-order valence-corrected chi connectivity index (χ2v) is 4.52. The van der Waals surface area contributed by atoms with Crippen LogP contribution in [0.15, 0.2) is 18.2 Å². The van der Waals surface area contributed by atoms with Crippen LogP contribution in [-0.2, 0) is 4.74 Å². The third-order valence-corrected chi connectivity index (χ3v) is 2.94. The molecule has 1 aromatic rings. The molecule has 0 bridgehead atoms. The molecule has 0 unspecified atom stereocenters. The van der Waals surface area contributed by atoms with Crippen LogP contribution in [0.3, 0.4) is 0 Å². The molecule has 0 atom stereocenters. The van der Waals surface area contributed by atoms with E-state index in [1.54, 1.807) is 32.2 Å². The monoisotopic (exact) mass is 266 g/mol. The predicted molar refractivity (Wildman–Crippen MR) is 74.6 cm³/mol. The summed E-state index contributed by atoms with van der Waals surface area (Å²) in [6.07, 6.45) is 0. The van der Waals surface area contributed by atoms with Gasteiger partial charge in [0.15, 0.2) is 0 Å². The van der Waals surface area contributed by atoms with E-state index in [-0.39, 0.29) is 11.7 Å². The highest BCUT2D eigenvalue weighted by Gasteiger charge is 2.11. The van der Waals surface area contributed by atoms with Crippen LogP contribution in [0.4, 0.5) is 0 Å². The van der Waals surface area contributed by atoms with Gasteiger partial charge in [0.1, 0.15) is 5.75 Å². The molecule has 0 aliphatic rings. The summed E-state index contributed by atoms with van der Waals surface area (Å²) in [4.78, 5) is 14.0. The molecule has 2 N–H and O–H groups in total. The van der Waals surface area contributed by atoms with Crippen LogP contribution in [0.25, 0.3) is 0 Å². The lowest BCUT2D eigenvalue weighted by Crippen LogP contribution is -2.34. The maximum absolute atomic E-state index is 11.9. The van der Waals surface area contributed by atoms with Crippen molar-refractivity contribution in [1.29, 1.82) is 0 Å². The van der Waals surface area contributed by atoms with Crippen LogP contribution >= 0.6 is 0 Å². The number of aromatic hydroxyl groups is 1. The van der Waals surface area contributed by atoms with E-state index in [4.69, 9.17) is 4.74 Å². The van der Waals surface area contributed by atoms with E-state index in [0.29, 0.717) is 24.3 Å². The van der Waals surface area contributed by atoms with Crippen LogP contribution < -0.4 is 5.32 Å². The van der Waals surface area contributed by atoms with Crippen molar-refractivity contribution in [2.75, 3.05) is 40.4 Å². The highest BCUT2D eigenvalue weighted by molar-refractivity contribution is 5.97. The Hall–Kier alpha value is -1.59. The normalized spacial score (nSPS) is 10.7. The molecule has 0 saturated carbocycles. The molecule has 0 aliphatic carbocycles. The van der Waals surface area contributed by atoms with Gasteiger partial charge >= 0.3 is 0 Å². The van der Waals surface area contributed by atoms with Gasteiger partial charge in [0.05, 0.1) is 12.2 Å². The third-order valence-electron chi connectivity index (χ3n) is 2.94. The second kappa shape index (κ2) is 7.76. The summed E-state index contributed by atoms with van der Waals surface area (Å²) in [7, 11) is 3.63. The highest BCUT2D eigenvalue weighted by atomic mass is 16.5. The number of methoxy groups -OCH3 is 1. The molecule has 0 radical (unpaired) electrons. The van der Waals surface area contributed by atoms with Crippen molar-refractivity contribution in [3.63, 3.8) is 0 Å². The number of likely N-dealkylation sites (N-methyl/N-ethyl adjacent to an activating group) is 1. The number of phenols is 1. The molecule has 0 aromatic heterocycles. The average molecular weight is 266 g/mol. The van der Waals surface area contributed by atoms with Crippen LogP contribution in [0.1, 0.15) is 15.9 Å². The first kappa shape index (κ1) is 15.5. The van der Waals surface area contributed by atoms with Gasteiger partial charge in [0.2, 0.25) is 0 Å². The molecule has 0 aliphatic heterocycles. The summed E-state index contributed by atoms with van der Waals surface area (Å²) in [5, 5.41) is 12.6. The predicted octanol–water partition coefficient (Wildman–Crippen LogP) is 1.01.